The van der Waals surface area contributed by atoms with Gasteiger partial charge < -0.3 is 4.90 Å². The molecule has 2 saturated heterocycles. The molecular weight excluding hydrogens is 333 g/mol. The average molecular weight is 357 g/mol. The molecule has 1 spiro atoms. The van der Waals surface area contributed by atoms with E-state index in [1.54, 1.807) is 11.0 Å². The normalized spacial score (nSPS) is 24.7. The number of amides is 1. The molecule has 26 heavy (non-hydrogen) atoms. The Balaban J connectivity index is 1.52. The summed E-state index contributed by atoms with van der Waals surface area (Å²) in [4.78, 5) is 18.9. The molecule has 7 heteroatoms. The minimum absolute atomic E-state index is 0.0226. The van der Waals surface area contributed by atoms with E-state index in [1.807, 2.05) is 37.2 Å². The van der Waals surface area contributed by atoms with Crippen LogP contribution < -0.4 is 4.90 Å². The van der Waals surface area contributed by atoms with E-state index in [1.165, 1.54) is 17.7 Å². The zero-order valence-corrected chi connectivity index (χ0v) is 15.2. The number of halogens is 1. The third kappa shape index (κ3) is 3.12. The van der Waals surface area contributed by atoms with E-state index >= 15 is 0 Å². The molecule has 138 valence electrons. The van der Waals surface area contributed by atoms with Crippen LogP contribution in [0.25, 0.3) is 0 Å². The summed E-state index contributed by atoms with van der Waals surface area (Å²) in [5.74, 6) is -0.290. The van der Waals surface area contributed by atoms with Crippen molar-refractivity contribution in [3.05, 3.63) is 48.0 Å². The minimum Gasteiger partial charge on any atom is -0.309 e. The fourth-order valence-electron chi connectivity index (χ4n) is 4.17. The van der Waals surface area contributed by atoms with Crippen molar-refractivity contribution in [2.75, 3.05) is 38.1 Å². The lowest BCUT2D eigenvalue weighted by atomic mass is 9.92. The summed E-state index contributed by atoms with van der Waals surface area (Å²) >= 11 is 0. The quantitative estimate of drug-likeness (QED) is 0.835. The third-order valence-corrected chi connectivity index (χ3v) is 5.63. The highest BCUT2D eigenvalue weighted by Crippen LogP contribution is 2.34. The molecule has 0 N–H and O–H groups in total. The van der Waals surface area contributed by atoms with E-state index in [2.05, 4.69) is 14.9 Å². The molecule has 1 aromatic heterocycles. The van der Waals surface area contributed by atoms with E-state index in [4.69, 9.17) is 0 Å². The van der Waals surface area contributed by atoms with Gasteiger partial charge in [0.15, 0.2) is 0 Å². The number of likely N-dealkylation sites (tertiary alicyclic amines) is 1. The molecule has 1 amide bonds. The van der Waals surface area contributed by atoms with Gasteiger partial charge in [0.05, 0.1) is 18.3 Å². The smallest absolute Gasteiger partial charge is 0.241 e. The summed E-state index contributed by atoms with van der Waals surface area (Å²) in [5.41, 5.74) is 1.75. The van der Waals surface area contributed by atoms with Gasteiger partial charge in [-0.05, 0) is 31.7 Å². The number of aryl methyl sites for hydroxylation is 1. The molecule has 2 aromatic rings. The van der Waals surface area contributed by atoms with Crippen LogP contribution >= 0.6 is 0 Å². The van der Waals surface area contributed by atoms with Crippen molar-refractivity contribution < 1.29 is 9.18 Å². The molecule has 6 nitrogen and oxygen atoms in total. The fraction of sp³-hybridized carbons (Fsp3) is 0.474. The SMILES string of the molecule is CN1CC(=O)N(c2cccc(F)c2)C[C@@]12CCN(Cc1cnn(C)c1)C2. The summed E-state index contributed by atoms with van der Waals surface area (Å²) in [6, 6.07) is 6.32. The van der Waals surface area contributed by atoms with Gasteiger partial charge in [0, 0.05) is 50.7 Å². The Kier molecular flexibility index (Phi) is 4.28. The first-order valence-corrected chi connectivity index (χ1v) is 8.92. The molecule has 0 bridgehead atoms. The topological polar surface area (TPSA) is 44.6 Å². The van der Waals surface area contributed by atoms with Gasteiger partial charge in [-0.15, -0.1) is 0 Å². The lowest BCUT2D eigenvalue weighted by molar-refractivity contribution is -0.123. The monoisotopic (exact) mass is 357 g/mol. The average Bonchev–Trinajstić information content (AvgIpc) is 3.19. The number of benzene rings is 1. The van der Waals surface area contributed by atoms with Crippen molar-refractivity contribution in [2.24, 2.45) is 7.05 Å². The van der Waals surface area contributed by atoms with E-state index in [-0.39, 0.29) is 17.3 Å². The number of carbonyl (C=O) groups is 1. The maximum atomic E-state index is 13.6. The van der Waals surface area contributed by atoms with Gasteiger partial charge in [-0.2, -0.15) is 5.10 Å². The first-order valence-electron chi connectivity index (χ1n) is 8.92. The fourth-order valence-corrected chi connectivity index (χ4v) is 4.17. The van der Waals surface area contributed by atoms with Crippen molar-refractivity contribution in [1.29, 1.82) is 0 Å². The predicted octanol–water partition coefficient (Wildman–Crippen LogP) is 1.48. The third-order valence-electron chi connectivity index (χ3n) is 5.63. The van der Waals surface area contributed by atoms with Crippen LogP contribution in [0, 0.1) is 5.82 Å². The summed E-state index contributed by atoms with van der Waals surface area (Å²) in [6.45, 7) is 3.67. The predicted molar refractivity (Wildman–Crippen MR) is 97.2 cm³/mol. The van der Waals surface area contributed by atoms with Crippen molar-refractivity contribution in [3.63, 3.8) is 0 Å². The van der Waals surface area contributed by atoms with Gasteiger partial charge in [0.25, 0.3) is 0 Å². The number of likely N-dealkylation sites (N-methyl/N-ethyl adjacent to an activating group) is 1. The molecule has 2 aliphatic heterocycles. The van der Waals surface area contributed by atoms with Crippen molar-refractivity contribution in [2.45, 2.75) is 18.5 Å². The molecular formula is C19H24FN5O. The van der Waals surface area contributed by atoms with Crippen LogP contribution in [-0.2, 0) is 18.4 Å². The molecule has 0 radical (unpaired) electrons. The number of hydrogen-bond acceptors (Lipinski definition) is 4. The summed E-state index contributed by atoms with van der Waals surface area (Å²) in [7, 11) is 3.95. The molecule has 0 saturated carbocycles. The van der Waals surface area contributed by atoms with Crippen molar-refractivity contribution in [1.82, 2.24) is 19.6 Å². The maximum Gasteiger partial charge on any atom is 0.241 e. The number of rotatable bonds is 3. The van der Waals surface area contributed by atoms with Gasteiger partial charge in [0.2, 0.25) is 5.91 Å². The van der Waals surface area contributed by atoms with Gasteiger partial charge in [-0.25, -0.2) is 4.39 Å². The Bertz CT molecular complexity index is 822. The Labute approximate surface area is 152 Å². The number of nitrogens with zero attached hydrogens (tertiary/aromatic N) is 5. The lowest BCUT2D eigenvalue weighted by Gasteiger charge is -2.47. The molecule has 0 aliphatic carbocycles. The van der Waals surface area contributed by atoms with E-state index in [0.717, 1.165) is 26.1 Å². The Morgan fingerprint density at radius 3 is 2.85 bits per heavy atom. The van der Waals surface area contributed by atoms with Crippen LogP contribution in [0.1, 0.15) is 12.0 Å². The van der Waals surface area contributed by atoms with E-state index in [0.29, 0.717) is 18.8 Å². The first kappa shape index (κ1) is 17.2. The zero-order chi connectivity index (χ0) is 18.3. The first-order chi connectivity index (χ1) is 12.4. The number of piperazine rings is 1. The van der Waals surface area contributed by atoms with Crippen LogP contribution in [-0.4, -0.2) is 64.3 Å². The lowest BCUT2D eigenvalue weighted by Crippen LogP contribution is -2.64. The van der Waals surface area contributed by atoms with Gasteiger partial charge in [-0.3, -0.25) is 19.3 Å². The molecule has 0 unspecified atom stereocenters. The summed E-state index contributed by atoms with van der Waals surface area (Å²) < 4.78 is 15.5. The van der Waals surface area contributed by atoms with Crippen LogP contribution in [0.2, 0.25) is 0 Å². The Morgan fingerprint density at radius 2 is 2.12 bits per heavy atom. The second kappa shape index (κ2) is 6.48. The van der Waals surface area contributed by atoms with Crippen LogP contribution in [0.15, 0.2) is 36.7 Å². The second-order valence-corrected chi connectivity index (χ2v) is 7.52. The Morgan fingerprint density at radius 1 is 1.27 bits per heavy atom. The molecule has 2 fully saturated rings. The van der Waals surface area contributed by atoms with Gasteiger partial charge >= 0.3 is 0 Å². The molecule has 2 aliphatic rings. The molecule has 3 heterocycles. The van der Waals surface area contributed by atoms with Gasteiger partial charge in [0.1, 0.15) is 5.82 Å². The largest absolute Gasteiger partial charge is 0.309 e. The van der Waals surface area contributed by atoms with Crippen molar-refractivity contribution in [3.8, 4) is 0 Å². The highest BCUT2D eigenvalue weighted by Gasteiger charge is 2.47. The van der Waals surface area contributed by atoms with Crippen molar-refractivity contribution >= 4 is 11.6 Å². The maximum absolute atomic E-state index is 13.6. The standard InChI is InChI=1S/C19H24FN5O/c1-22-12-18(26)25(17-5-3-4-16(20)8-17)14-19(22)6-7-24(13-19)11-15-9-21-23(2)10-15/h3-5,8-10H,6-7,11-14H2,1-2H3/t19-/m0/s1. The number of carbonyl (C=O) groups excluding carboxylic acids is 1. The highest BCUT2D eigenvalue weighted by molar-refractivity contribution is 5.96. The summed E-state index contributed by atoms with van der Waals surface area (Å²) in [6.07, 6.45) is 4.93. The van der Waals surface area contributed by atoms with Crippen LogP contribution in [0.3, 0.4) is 0 Å². The number of anilines is 1. The molecule has 4 rings (SSSR count). The Hall–Kier alpha value is -2.25. The summed E-state index contributed by atoms with van der Waals surface area (Å²) in [5, 5.41) is 4.24. The highest BCUT2D eigenvalue weighted by atomic mass is 19.1. The minimum atomic E-state index is -0.312. The number of hydrogen-bond donors (Lipinski definition) is 0. The van der Waals surface area contributed by atoms with Crippen LogP contribution in [0.4, 0.5) is 10.1 Å². The van der Waals surface area contributed by atoms with Gasteiger partial charge in [-0.1, -0.05) is 6.07 Å². The second-order valence-electron chi connectivity index (χ2n) is 7.52. The van der Waals surface area contributed by atoms with Crippen LogP contribution in [0.5, 0.6) is 0 Å². The van der Waals surface area contributed by atoms with E-state index < -0.39 is 0 Å². The van der Waals surface area contributed by atoms with E-state index in [9.17, 15) is 9.18 Å². The molecule has 1 aromatic carbocycles. The molecule has 1 atom stereocenters. The zero-order valence-electron chi connectivity index (χ0n) is 15.2. The number of aromatic nitrogens is 2.